The number of hydrogen-bond donors (Lipinski definition) is 0. The molecule has 1 aliphatic carbocycles. The molecule has 0 amide bonds. The maximum Gasteiger partial charge on any atom is 0.338 e. The van der Waals surface area contributed by atoms with E-state index in [1.807, 2.05) is 30.3 Å². The quantitative estimate of drug-likeness (QED) is 0.761. The number of carbonyl (C=O) groups excluding carboxylic acids is 1. The molecule has 0 saturated heterocycles. The molecule has 0 radical (unpaired) electrons. The van der Waals surface area contributed by atoms with Crippen molar-refractivity contribution in [1.29, 1.82) is 0 Å². The van der Waals surface area contributed by atoms with Crippen molar-refractivity contribution >= 4 is 18.4 Å². The zero-order valence-electron chi connectivity index (χ0n) is 13.9. The van der Waals surface area contributed by atoms with Gasteiger partial charge in [0.25, 0.3) is 0 Å². The third-order valence-corrected chi connectivity index (χ3v) is 4.64. The van der Waals surface area contributed by atoms with Gasteiger partial charge in [0.05, 0.1) is 5.56 Å². The van der Waals surface area contributed by atoms with E-state index < -0.39 is 0 Å². The van der Waals surface area contributed by atoms with E-state index in [9.17, 15) is 4.79 Å². The van der Waals surface area contributed by atoms with Crippen LogP contribution in [-0.4, -0.2) is 37.1 Å². The van der Waals surface area contributed by atoms with Gasteiger partial charge in [0.15, 0.2) is 0 Å². The first-order valence-electron chi connectivity index (χ1n) is 8.00. The van der Waals surface area contributed by atoms with Gasteiger partial charge in [-0.15, -0.1) is 12.4 Å². The molecule has 2 unspecified atom stereocenters. The SMILES string of the molecule is CCC1(OC(=O)c2ccccc2)CCCCC1CN(C)C.Cl. The standard InChI is InChI=1S/C18H27NO2.ClH/c1-4-18(13-9-8-12-16(18)14-19(2)3)21-17(20)15-10-6-5-7-11-15;/h5-7,10-11,16H,4,8-9,12-14H2,1-3H3;1H. The van der Waals surface area contributed by atoms with Gasteiger partial charge in [-0.2, -0.15) is 0 Å². The minimum atomic E-state index is -0.296. The van der Waals surface area contributed by atoms with E-state index in [1.165, 1.54) is 6.42 Å². The Morgan fingerprint density at radius 3 is 2.55 bits per heavy atom. The van der Waals surface area contributed by atoms with Gasteiger partial charge in [-0.25, -0.2) is 4.79 Å². The molecule has 0 aliphatic heterocycles. The molecule has 0 bridgehead atoms. The number of hydrogen-bond acceptors (Lipinski definition) is 3. The maximum atomic E-state index is 12.5. The van der Waals surface area contributed by atoms with Gasteiger partial charge in [0, 0.05) is 12.5 Å². The third-order valence-electron chi connectivity index (χ3n) is 4.64. The molecule has 1 aromatic carbocycles. The second-order valence-electron chi connectivity index (χ2n) is 6.38. The summed E-state index contributed by atoms with van der Waals surface area (Å²) in [5, 5.41) is 0. The number of rotatable bonds is 5. The molecule has 1 aromatic rings. The summed E-state index contributed by atoms with van der Waals surface area (Å²) in [7, 11) is 4.18. The van der Waals surface area contributed by atoms with E-state index in [-0.39, 0.29) is 24.0 Å². The molecule has 3 nitrogen and oxygen atoms in total. The molecule has 0 spiro atoms. The number of nitrogens with zero attached hydrogens (tertiary/aromatic N) is 1. The molecule has 124 valence electrons. The van der Waals surface area contributed by atoms with E-state index in [1.54, 1.807) is 0 Å². The second-order valence-corrected chi connectivity index (χ2v) is 6.38. The minimum absolute atomic E-state index is 0. The lowest BCUT2D eigenvalue weighted by Crippen LogP contribution is -2.48. The van der Waals surface area contributed by atoms with Crippen LogP contribution < -0.4 is 0 Å². The number of ether oxygens (including phenoxy) is 1. The van der Waals surface area contributed by atoms with Crippen molar-refractivity contribution in [2.75, 3.05) is 20.6 Å². The number of carbonyl (C=O) groups is 1. The fraction of sp³-hybridized carbons (Fsp3) is 0.611. The Kier molecular flexibility index (Phi) is 7.37. The molecule has 0 N–H and O–H groups in total. The monoisotopic (exact) mass is 325 g/mol. The van der Waals surface area contributed by atoms with Crippen LogP contribution in [0.1, 0.15) is 49.4 Å². The van der Waals surface area contributed by atoms with Gasteiger partial charge >= 0.3 is 5.97 Å². The van der Waals surface area contributed by atoms with Crippen molar-refractivity contribution in [3.05, 3.63) is 35.9 Å². The van der Waals surface area contributed by atoms with Crippen LogP contribution in [0.2, 0.25) is 0 Å². The van der Waals surface area contributed by atoms with Crippen LogP contribution in [0.3, 0.4) is 0 Å². The Morgan fingerprint density at radius 1 is 1.27 bits per heavy atom. The summed E-state index contributed by atoms with van der Waals surface area (Å²) in [6, 6.07) is 9.34. The molecule has 2 atom stereocenters. The summed E-state index contributed by atoms with van der Waals surface area (Å²) in [5.74, 6) is 0.252. The Bertz CT molecular complexity index is 463. The molecular weight excluding hydrogens is 298 g/mol. The Morgan fingerprint density at radius 2 is 1.95 bits per heavy atom. The summed E-state index contributed by atoms with van der Waals surface area (Å²) in [5.41, 5.74) is 0.356. The fourth-order valence-electron chi connectivity index (χ4n) is 3.47. The van der Waals surface area contributed by atoms with Crippen LogP contribution in [0.5, 0.6) is 0 Å². The second kappa shape index (κ2) is 8.54. The molecule has 0 aromatic heterocycles. The van der Waals surface area contributed by atoms with Crippen LogP contribution in [0.15, 0.2) is 30.3 Å². The van der Waals surface area contributed by atoms with Crippen molar-refractivity contribution in [3.8, 4) is 0 Å². The highest BCUT2D eigenvalue weighted by Crippen LogP contribution is 2.40. The molecule has 1 saturated carbocycles. The predicted octanol–water partition coefficient (Wildman–Crippen LogP) is 4.17. The highest BCUT2D eigenvalue weighted by Gasteiger charge is 2.42. The topological polar surface area (TPSA) is 29.5 Å². The molecular formula is C18H28ClNO2. The Hall–Kier alpha value is -1.06. The molecule has 1 fully saturated rings. The highest BCUT2D eigenvalue weighted by atomic mass is 35.5. The summed E-state index contributed by atoms with van der Waals surface area (Å²) in [6.45, 7) is 3.13. The molecule has 2 rings (SSSR count). The van der Waals surface area contributed by atoms with Crippen molar-refractivity contribution < 1.29 is 9.53 Å². The molecule has 4 heteroatoms. The predicted molar refractivity (Wildman–Crippen MR) is 92.6 cm³/mol. The van der Waals surface area contributed by atoms with Gasteiger partial charge in [0.1, 0.15) is 5.60 Å². The summed E-state index contributed by atoms with van der Waals surface area (Å²) in [6.07, 6.45) is 5.42. The Balaban J connectivity index is 0.00000242. The molecule has 22 heavy (non-hydrogen) atoms. The number of benzene rings is 1. The lowest BCUT2D eigenvalue weighted by Gasteiger charge is -2.44. The number of esters is 1. The van der Waals surface area contributed by atoms with E-state index >= 15 is 0 Å². The molecule has 0 heterocycles. The summed E-state index contributed by atoms with van der Waals surface area (Å²) in [4.78, 5) is 14.7. The average molecular weight is 326 g/mol. The van der Waals surface area contributed by atoms with E-state index in [0.717, 1.165) is 32.2 Å². The van der Waals surface area contributed by atoms with Crippen molar-refractivity contribution in [3.63, 3.8) is 0 Å². The Labute approximate surface area is 140 Å². The number of halogens is 1. The highest BCUT2D eigenvalue weighted by molar-refractivity contribution is 5.89. The van der Waals surface area contributed by atoms with Crippen LogP contribution in [-0.2, 0) is 4.74 Å². The summed E-state index contributed by atoms with van der Waals surface area (Å²) < 4.78 is 6.06. The van der Waals surface area contributed by atoms with Crippen LogP contribution in [0.4, 0.5) is 0 Å². The van der Waals surface area contributed by atoms with Crippen molar-refractivity contribution in [1.82, 2.24) is 4.90 Å². The zero-order valence-corrected chi connectivity index (χ0v) is 14.7. The minimum Gasteiger partial charge on any atom is -0.455 e. The summed E-state index contributed by atoms with van der Waals surface area (Å²) >= 11 is 0. The first-order chi connectivity index (χ1) is 10.1. The van der Waals surface area contributed by atoms with Crippen LogP contribution in [0.25, 0.3) is 0 Å². The van der Waals surface area contributed by atoms with Gasteiger partial charge in [-0.3, -0.25) is 0 Å². The van der Waals surface area contributed by atoms with Crippen molar-refractivity contribution in [2.45, 2.75) is 44.6 Å². The maximum absolute atomic E-state index is 12.5. The lowest BCUT2D eigenvalue weighted by atomic mass is 9.73. The van der Waals surface area contributed by atoms with Crippen LogP contribution >= 0.6 is 12.4 Å². The van der Waals surface area contributed by atoms with E-state index in [2.05, 4.69) is 25.9 Å². The van der Waals surface area contributed by atoms with Gasteiger partial charge < -0.3 is 9.64 Å². The van der Waals surface area contributed by atoms with E-state index in [4.69, 9.17) is 4.74 Å². The average Bonchev–Trinajstić information content (AvgIpc) is 2.49. The zero-order chi connectivity index (χ0) is 15.3. The van der Waals surface area contributed by atoms with Crippen LogP contribution in [0, 0.1) is 5.92 Å². The van der Waals surface area contributed by atoms with Gasteiger partial charge in [-0.1, -0.05) is 31.5 Å². The third kappa shape index (κ3) is 4.47. The lowest BCUT2D eigenvalue weighted by molar-refractivity contribution is -0.0792. The smallest absolute Gasteiger partial charge is 0.338 e. The largest absolute Gasteiger partial charge is 0.455 e. The molecule has 1 aliphatic rings. The van der Waals surface area contributed by atoms with Gasteiger partial charge in [-0.05, 0) is 51.9 Å². The van der Waals surface area contributed by atoms with E-state index in [0.29, 0.717) is 11.5 Å². The first-order valence-corrected chi connectivity index (χ1v) is 8.00. The first kappa shape index (κ1) is 19.0. The normalized spacial score (nSPS) is 24.6. The van der Waals surface area contributed by atoms with Gasteiger partial charge in [0.2, 0.25) is 0 Å². The van der Waals surface area contributed by atoms with Crippen molar-refractivity contribution in [2.24, 2.45) is 5.92 Å². The fourth-order valence-corrected chi connectivity index (χ4v) is 3.47.